The molecule has 3 N–H and O–H groups in total. The first-order valence-corrected chi connectivity index (χ1v) is 5.57. The van der Waals surface area contributed by atoms with Gasteiger partial charge >= 0.3 is 18.2 Å². The summed E-state index contributed by atoms with van der Waals surface area (Å²) in [5, 5.41) is 13.2. The lowest BCUT2D eigenvalue weighted by molar-refractivity contribution is -0.141. The molecule has 0 fully saturated rings. The Morgan fingerprint density at radius 2 is 1.89 bits per heavy atom. The van der Waals surface area contributed by atoms with E-state index in [9.17, 15) is 22.8 Å². The zero-order valence-electron chi connectivity index (χ0n) is 10.0. The van der Waals surface area contributed by atoms with Crippen molar-refractivity contribution in [3.8, 4) is 0 Å². The number of hydrogen-bond acceptors (Lipinski definition) is 2. The third-order valence-corrected chi connectivity index (χ3v) is 2.27. The van der Waals surface area contributed by atoms with Crippen LogP contribution in [0.25, 0.3) is 0 Å². The largest absolute Gasteiger partial charge is 0.481 e. The molecule has 2 amide bonds. The minimum Gasteiger partial charge on any atom is -0.481 e. The van der Waals surface area contributed by atoms with Gasteiger partial charge in [-0.2, -0.15) is 13.2 Å². The number of alkyl halides is 3. The third-order valence-electron chi connectivity index (χ3n) is 2.27. The number of aliphatic carboxylic acids is 1. The van der Waals surface area contributed by atoms with E-state index < -0.39 is 30.5 Å². The van der Waals surface area contributed by atoms with Crippen LogP contribution in [0.5, 0.6) is 0 Å². The molecule has 5 nitrogen and oxygen atoms in total. The summed E-state index contributed by atoms with van der Waals surface area (Å²) in [4.78, 5) is 21.7. The predicted octanol–water partition coefficient (Wildman–Crippen LogP) is 1.74. The standard InChI is InChI=1S/C10H17F3N2O3/c1-2-7(8(16)17)6-15-9(18)14-5-3-4-10(11,12)13/h7H,2-6H2,1H3,(H,16,17)(H2,14,15,18). The van der Waals surface area contributed by atoms with Crippen LogP contribution in [-0.4, -0.2) is 36.4 Å². The topological polar surface area (TPSA) is 78.4 Å². The van der Waals surface area contributed by atoms with Crippen LogP contribution in [0.15, 0.2) is 0 Å². The molecule has 0 aromatic carbocycles. The van der Waals surface area contributed by atoms with Gasteiger partial charge in [-0.05, 0) is 12.8 Å². The van der Waals surface area contributed by atoms with Crippen molar-refractivity contribution in [2.45, 2.75) is 32.4 Å². The molecule has 0 saturated carbocycles. The molecule has 0 bridgehead atoms. The van der Waals surface area contributed by atoms with Gasteiger partial charge in [0.15, 0.2) is 0 Å². The lowest BCUT2D eigenvalue weighted by Crippen LogP contribution is -2.40. The number of nitrogens with one attached hydrogen (secondary N) is 2. The maximum atomic E-state index is 11.8. The molecule has 0 spiro atoms. The molecule has 0 saturated heterocycles. The van der Waals surface area contributed by atoms with Crippen molar-refractivity contribution in [1.29, 1.82) is 0 Å². The number of hydrogen-bond donors (Lipinski definition) is 3. The molecule has 8 heteroatoms. The molecule has 1 unspecified atom stereocenters. The minimum absolute atomic E-state index is 0.0447. The fraction of sp³-hybridized carbons (Fsp3) is 0.800. The van der Waals surface area contributed by atoms with Crippen molar-refractivity contribution in [2.24, 2.45) is 5.92 Å². The molecule has 106 valence electrons. The van der Waals surface area contributed by atoms with Crippen molar-refractivity contribution in [3.63, 3.8) is 0 Å². The normalized spacial score (nSPS) is 12.9. The van der Waals surface area contributed by atoms with Gasteiger partial charge in [-0.1, -0.05) is 6.92 Å². The van der Waals surface area contributed by atoms with Crippen LogP contribution in [-0.2, 0) is 4.79 Å². The van der Waals surface area contributed by atoms with Crippen LogP contribution in [0.4, 0.5) is 18.0 Å². The first kappa shape index (κ1) is 16.5. The van der Waals surface area contributed by atoms with Gasteiger partial charge in [0, 0.05) is 19.5 Å². The first-order chi connectivity index (χ1) is 8.26. The summed E-state index contributed by atoms with van der Waals surface area (Å²) >= 11 is 0. The van der Waals surface area contributed by atoms with E-state index in [0.717, 1.165) is 0 Å². The molecule has 18 heavy (non-hydrogen) atoms. The van der Waals surface area contributed by atoms with Crippen LogP contribution < -0.4 is 10.6 Å². The molecular weight excluding hydrogens is 253 g/mol. The quantitative estimate of drug-likeness (QED) is 0.616. The second-order valence-electron chi connectivity index (χ2n) is 3.80. The highest BCUT2D eigenvalue weighted by atomic mass is 19.4. The van der Waals surface area contributed by atoms with Crippen LogP contribution in [0.2, 0.25) is 0 Å². The van der Waals surface area contributed by atoms with Gasteiger partial charge in [-0.15, -0.1) is 0 Å². The summed E-state index contributed by atoms with van der Waals surface area (Å²) in [6.07, 6.45) is -5.02. The average molecular weight is 270 g/mol. The monoisotopic (exact) mass is 270 g/mol. The Labute approximate surface area is 103 Å². The van der Waals surface area contributed by atoms with Gasteiger partial charge in [-0.3, -0.25) is 4.79 Å². The molecule has 0 aliphatic carbocycles. The van der Waals surface area contributed by atoms with Crippen molar-refractivity contribution >= 4 is 12.0 Å². The van der Waals surface area contributed by atoms with E-state index in [1.165, 1.54) is 0 Å². The van der Waals surface area contributed by atoms with Gasteiger partial charge in [0.1, 0.15) is 0 Å². The molecular formula is C10H17F3N2O3. The summed E-state index contributed by atoms with van der Waals surface area (Å²) in [5.74, 6) is -1.71. The molecule has 0 aliphatic heterocycles. The van der Waals surface area contributed by atoms with E-state index in [1.54, 1.807) is 6.92 Å². The fourth-order valence-electron chi connectivity index (χ4n) is 1.18. The van der Waals surface area contributed by atoms with E-state index in [2.05, 4.69) is 10.6 Å². The Bertz CT molecular complexity index is 282. The highest BCUT2D eigenvalue weighted by molar-refractivity contribution is 5.75. The predicted molar refractivity (Wildman–Crippen MR) is 58.1 cm³/mol. The maximum absolute atomic E-state index is 11.8. The molecule has 1 atom stereocenters. The Hall–Kier alpha value is -1.47. The van der Waals surface area contributed by atoms with Crippen LogP contribution in [0.3, 0.4) is 0 Å². The molecule has 0 heterocycles. The van der Waals surface area contributed by atoms with Gasteiger partial charge < -0.3 is 15.7 Å². The van der Waals surface area contributed by atoms with E-state index in [-0.39, 0.29) is 19.5 Å². The van der Waals surface area contributed by atoms with E-state index in [0.29, 0.717) is 6.42 Å². The summed E-state index contributed by atoms with van der Waals surface area (Å²) in [7, 11) is 0. The van der Waals surface area contributed by atoms with Gasteiger partial charge in [0.2, 0.25) is 0 Å². The summed E-state index contributed by atoms with van der Waals surface area (Å²) < 4.78 is 35.3. The summed E-state index contributed by atoms with van der Waals surface area (Å²) in [6.45, 7) is 1.52. The Morgan fingerprint density at radius 1 is 1.28 bits per heavy atom. The summed E-state index contributed by atoms with van der Waals surface area (Å²) in [5.41, 5.74) is 0. The van der Waals surface area contributed by atoms with Crippen molar-refractivity contribution < 1.29 is 27.9 Å². The number of carboxylic acid groups (broad SMARTS) is 1. The second kappa shape index (κ2) is 7.78. The fourth-order valence-corrected chi connectivity index (χ4v) is 1.18. The third kappa shape index (κ3) is 8.66. The van der Waals surface area contributed by atoms with Crippen LogP contribution >= 0.6 is 0 Å². The summed E-state index contributed by atoms with van der Waals surface area (Å²) in [6, 6.07) is -0.656. The van der Waals surface area contributed by atoms with Crippen molar-refractivity contribution in [2.75, 3.05) is 13.1 Å². The Morgan fingerprint density at radius 3 is 2.33 bits per heavy atom. The number of carbonyl (C=O) groups excluding carboxylic acids is 1. The minimum atomic E-state index is -4.23. The zero-order chi connectivity index (χ0) is 14.2. The van der Waals surface area contributed by atoms with Crippen molar-refractivity contribution in [3.05, 3.63) is 0 Å². The number of rotatable bonds is 7. The average Bonchev–Trinajstić information content (AvgIpc) is 2.23. The lowest BCUT2D eigenvalue weighted by Gasteiger charge is -2.12. The van der Waals surface area contributed by atoms with Crippen LogP contribution in [0.1, 0.15) is 26.2 Å². The van der Waals surface area contributed by atoms with Crippen molar-refractivity contribution in [1.82, 2.24) is 10.6 Å². The SMILES string of the molecule is CCC(CNC(=O)NCCCC(F)(F)F)C(=O)O. The van der Waals surface area contributed by atoms with Crippen LogP contribution in [0, 0.1) is 5.92 Å². The number of halogens is 3. The van der Waals surface area contributed by atoms with Gasteiger partial charge in [0.25, 0.3) is 0 Å². The number of carbonyl (C=O) groups is 2. The number of carboxylic acids is 1. The molecule has 0 rings (SSSR count). The highest BCUT2D eigenvalue weighted by Crippen LogP contribution is 2.20. The molecule has 0 aromatic heterocycles. The highest BCUT2D eigenvalue weighted by Gasteiger charge is 2.26. The lowest BCUT2D eigenvalue weighted by atomic mass is 10.1. The Kier molecular flexibility index (Phi) is 7.14. The zero-order valence-corrected chi connectivity index (χ0v) is 10.0. The van der Waals surface area contributed by atoms with Gasteiger partial charge in [0.05, 0.1) is 5.92 Å². The number of amides is 2. The molecule has 0 aromatic rings. The first-order valence-electron chi connectivity index (χ1n) is 5.57. The van der Waals surface area contributed by atoms with E-state index >= 15 is 0 Å². The Balaban J connectivity index is 3.69. The van der Waals surface area contributed by atoms with E-state index in [4.69, 9.17) is 5.11 Å². The number of urea groups is 1. The van der Waals surface area contributed by atoms with E-state index in [1.807, 2.05) is 0 Å². The smallest absolute Gasteiger partial charge is 0.389 e. The molecule has 0 radical (unpaired) electrons. The van der Waals surface area contributed by atoms with Gasteiger partial charge in [-0.25, -0.2) is 4.79 Å². The second-order valence-corrected chi connectivity index (χ2v) is 3.80. The maximum Gasteiger partial charge on any atom is 0.389 e. The molecule has 0 aliphatic rings.